The lowest BCUT2D eigenvalue weighted by Gasteiger charge is -2.30. The van der Waals surface area contributed by atoms with Gasteiger partial charge in [-0.25, -0.2) is 12.8 Å². The van der Waals surface area contributed by atoms with Crippen LogP contribution in [0.1, 0.15) is 12.8 Å². The molecule has 1 heterocycles. The number of benzene rings is 1. The molecule has 7 heteroatoms. The van der Waals surface area contributed by atoms with E-state index in [0.29, 0.717) is 25.9 Å². The lowest BCUT2D eigenvalue weighted by molar-refractivity contribution is 0.0604. The van der Waals surface area contributed by atoms with Gasteiger partial charge in [-0.1, -0.05) is 0 Å². The summed E-state index contributed by atoms with van der Waals surface area (Å²) in [6, 6.07) is 3.37. The third-order valence-corrected chi connectivity index (χ3v) is 5.14. The standard InChI is InChI=1S/C12H17FN2O3S/c1-18-11-2-4-15(5-3-11)19(16,17)12-7-9(13)6-10(14)8-12/h6-8,11H,2-5,14H2,1H3. The Morgan fingerprint density at radius 1 is 1.32 bits per heavy atom. The Morgan fingerprint density at radius 2 is 1.95 bits per heavy atom. The topological polar surface area (TPSA) is 72.6 Å². The number of nitrogen functional groups attached to an aromatic ring is 1. The van der Waals surface area contributed by atoms with Crippen LogP contribution in [0.25, 0.3) is 0 Å². The molecule has 5 nitrogen and oxygen atoms in total. The third-order valence-electron chi connectivity index (χ3n) is 3.27. The molecule has 0 unspecified atom stereocenters. The first kappa shape index (κ1) is 14.2. The lowest BCUT2D eigenvalue weighted by Crippen LogP contribution is -2.40. The van der Waals surface area contributed by atoms with Crippen molar-refractivity contribution in [3.8, 4) is 0 Å². The summed E-state index contributed by atoms with van der Waals surface area (Å²) < 4.78 is 44.5. The number of hydrogen-bond donors (Lipinski definition) is 1. The number of ether oxygens (including phenoxy) is 1. The minimum Gasteiger partial charge on any atom is -0.399 e. The molecule has 0 aliphatic carbocycles. The molecule has 1 aliphatic rings. The summed E-state index contributed by atoms with van der Waals surface area (Å²) in [4.78, 5) is -0.0964. The van der Waals surface area contributed by atoms with Gasteiger partial charge in [-0.3, -0.25) is 0 Å². The highest BCUT2D eigenvalue weighted by Crippen LogP contribution is 2.23. The summed E-state index contributed by atoms with van der Waals surface area (Å²) in [5, 5.41) is 0. The zero-order valence-electron chi connectivity index (χ0n) is 10.7. The van der Waals surface area contributed by atoms with E-state index in [1.807, 2.05) is 0 Å². The molecule has 1 saturated heterocycles. The van der Waals surface area contributed by atoms with E-state index >= 15 is 0 Å². The quantitative estimate of drug-likeness (QED) is 0.848. The maximum Gasteiger partial charge on any atom is 0.243 e. The van der Waals surface area contributed by atoms with E-state index in [-0.39, 0.29) is 16.7 Å². The molecule has 1 aromatic carbocycles. The Bertz CT molecular complexity index is 534. The van der Waals surface area contributed by atoms with Gasteiger partial charge in [0.25, 0.3) is 0 Å². The molecule has 0 amide bonds. The third kappa shape index (κ3) is 3.05. The molecular weight excluding hydrogens is 271 g/mol. The molecule has 0 radical (unpaired) electrons. The molecule has 19 heavy (non-hydrogen) atoms. The van der Waals surface area contributed by atoms with Gasteiger partial charge in [0.15, 0.2) is 0 Å². The summed E-state index contributed by atoms with van der Waals surface area (Å²) in [5.41, 5.74) is 5.59. The van der Waals surface area contributed by atoms with E-state index in [0.717, 1.165) is 12.1 Å². The van der Waals surface area contributed by atoms with Crippen molar-refractivity contribution in [3.05, 3.63) is 24.0 Å². The summed E-state index contributed by atoms with van der Waals surface area (Å²) >= 11 is 0. The molecule has 0 atom stereocenters. The van der Waals surface area contributed by atoms with E-state index in [1.165, 1.54) is 10.4 Å². The number of anilines is 1. The molecule has 1 aliphatic heterocycles. The molecule has 2 N–H and O–H groups in total. The highest BCUT2D eigenvalue weighted by molar-refractivity contribution is 7.89. The second-order valence-corrected chi connectivity index (χ2v) is 6.50. The van der Waals surface area contributed by atoms with Gasteiger partial charge in [0.05, 0.1) is 11.0 Å². The number of methoxy groups -OCH3 is 1. The number of hydrogen-bond acceptors (Lipinski definition) is 4. The van der Waals surface area contributed by atoms with E-state index in [1.54, 1.807) is 7.11 Å². The maximum absolute atomic E-state index is 13.3. The van der Waals surface area contributed by atoms with Crippen LogP contribution in [0.5, 0.6) is 0 Å². The van der Waals surface area contributed by atoms with Crippen LogP contribution in [0.3, 0.4) is 0 Å². The Hall–Kier alpha value is -1.18. The Kier molecular flexibility index (Phi) is 4.07. The SMILES string of the molecule is COC1CCN(S(=O)(=O)c2cc(N)cc(F)c2)CC1. The minimum absolute atomic E-state index is 0.0871. The van der Waals surface area contributed by atoms with Crippen molar-refractivity contribution < 1.29 is 17.5 Å². The van der Waals surface area contributed by atoms with E-state index in [2.05, 4.69) is 0 Å². The van der Waals surface area contributed by atoms with Crippen molar-refractivity contribution in [2.24, 2.45) is 0 Å². The van der Waals surface area contributed by atoms with Crippen LogP contribution in [0.15, 0.2) is 23.1 Å². The first-order valence-corrected chi connectivity index (χ1v) is 7.46. The zero-order chi connectivity index (χ0) is 14.0. The monoisotopic (exact) mass is 288 g/mol. The zero-order valence-corrected chi connectivity index (χ0v) is 11.5. The van der Waals surface area contributed by atoms with Crippen LogP contribution in [-0.2, 0) is 14.8 Å². The average molecular weight is 288 g/mol. The lowest BCUT2D eigenvalue weighted by atomic mass is 10.1. The molecule has 0 bridgehead atoms. The van der Waals surface area contributed by atoms with Gasteiger partial charge in [0, 0.05) is 25.9 Å². The van der Waals surface area contributed by atoms with Crippen molar-refractivity contribution >= 4 is 15.7 Å². The van der Waals surface area contributed by atoms with Crippen molar-refractivity contribution in [1.82, 2.24) is 4.31 Å². The molecular formula is C12H17FN2O3S. The molecule has 106 valence electrons. The van der Waals surface area contributed by atoms with Crippen LogP contribution in [-0.4, -0.2) is 39.0 Å². The number of nitrogens with two attached hydrogens (primary N) is 1. The van der Waals surface area contributed by atoms with Gasteiger partial charge in [-0.15, -0.1) is 0 Å². The highest BCUT2D eigenvalue weighted by atomic mass is 32.2. The Morgan fingerprint density at radius 3 is 2.47 bits per heavy atom. The average Bonchev–Trinajstić information content (AvgIpc) is 2.37. The fourth-order valence-electron chi connectivity index (χ4n) is 2.19. The van der Waals surface area contributed by atoms with Crippen LogP contribution in [0, 0.1) is 5.82 Å². The van der Waals surface area contributed by atoms with Crippen LogP contribution < -0.4 is 5.73 Å². The number of halogens is 1. The van der Waals surface area contributed by atoms with Crippen molar-refractivity contribution in [2.45, 2.75) is 23.8 Å². The molecule has 0 aromatic heterocycles. The van der Waals surface area contributed by atoms with Crippen LogP contribution in [0.2, 0.25) is 0 Å². The second-order valence-electron chi connectivity index (χ2n) is 4.56. The van der Waals surface area contributed by atoms with E-state index in [9.17, 15) is 12.8 Å². The highest BCUT2D eigenvalue weighted by Gasteiger charge is 2.29. The molecule has 1 aromatic rings. The van der Waals surface area contributed by atoms with Gasteiger partial charge in [0.1, 0.15) is 5.82 Å². The van der Waals surface area contributed by atoms with Gasteiger partial charge in [-0.2, -0.15) is 4.31 Å². The van der Waals surface area contributed by atoms with Crippen LogP contribution in [0.4, 0.5) is 10.1 Å². The second kappa shape index (κ2) is 5.44. The molecule has 2 rings (SSSR count). The normalized spacial score (nSPS) is 18.6. The predicted octanol–water partition coefficient (Wildman–Crippen LogP) is 1.21. The minimum atomic E-state index is -3.68. The van der Waals surface area contributed by atoms with Crippen molar-refractivity contribution in [1.29, 1.82) is 0 Å². The van der Waals surface area contributed by atoms with Crippen molar-refractivity contribution in [3.63, 3.8) is 0 Å². The Labute approximate surface area is 112 Å². The van der Waals surface area contributed by atoms with Gasteiger partial charge in [-0.05, 0) is 31.0 Å². The first-order valence-electron chi connectivity index (χ1n) is 6.02. The van der Waals surface area contributed by atoms with Gasteiger partial charge >= 0.3 is 0 Å². The first-order chi connectivity index (χ1) is 8.93. The van der Waals surface area contributed by atoms with Gasteiger partial charge in [0.2, 0.25) is 10.0 Å². The van der Waals surface area contributed by atoms with E-state index in [4.69, 9.17) is 10.5 Å². The van der Waals surface area contributed by atoms with Gasteiger partial charge < -0.3 is 10.5 Å². The summed E-state index contributed by atoms with van der Waals surface area (Å²) in [7, 11) is -2.07. The number of sulfonamides is 1. The Balaban J connectivity index is 2.23. The summed E-state index contributed by atoms with van der Waals surface area (Å²) in [5.74, 6) is -0.648. The smallest absolute Gasteiger partial charge is 0.243 e. The largest absolute Gasteiger partial charge is 0.399 e. The summed E-state index contributed by atoms with van der Waals surface area (Å²) in [6.07, 6.45) is 1.37. The van der Waals surface area contributed by atoms with E-state index < -0.39 is 15.8 Å². The fourth-order valence-corrected chi connectivity index (χ4v) is 3.73. The van der Waals surface area contributed by atoms with Crippen LogP contribution >= 0.6 is 0 Å². The molecule has 1 fully saturated rings. The predicted molar refractivity (Wildman–Crippen MR) is 69.6 cm³/mol. The number of piperidine rings is 1. The molecule has 0 spiro atoms. The van der Waals surface area contributed by atoms with Crippen molar-refractivity contribution in [2.75, 3.05) is 25.9 Å². The number of nitrogens with zero attached hydrogens (tertiary/aromatic N) is 1. The maximum atomic E-state index is 13.3. The summed E-state index contributed by atoms with van der Waals surface area (Å²) in [6.45, 7) is 0.745. The molecule has 0 saturated carbocycles. The number of rotatable bonds is 3. The fraction of sp³-hybridized carbons (Fsp3) is 0.500.